The molecule has 1 aliphatic heterocycles. The molecule has 8 nitrogen and oxygen atoms in total. The monoisotopic (exact) mass is 550 g/mol. The van der Waals surface area contributed by atoms with E-state index in [1.807, 2.05) is 30.3 Å². The van der Waals surface area contributed by atoms with Gasteiger partial charge in [0, 0.05) is 31.0 Å². The molecule has 1 aliphatic rings. The second-order valence-corrected chi connectivity index (χ2v) is 12.8. The van der Waals surface area contributed by atoms with Crippen molar-refractivity contribution in [3.63, 3.8) is 0 Å². The summed E-state index contributed by atoms with van der Waals surface area (Å²) in [7, 11) is -2.03. The van der Waals surface area contributed by atoms with Gasteiger partial charge < -0.3 is 4.74 Å². The van der Waals surface area contributed by atoms with E-state index in [0.717, 1.165) is 22.2 Å². The highest BCUT2D eigenvalue weighted by molar-refractivity contribution is 7.89. The topological polar surface area (TPSA) is 92.7 Å². The highest BCUT2D eigenvalue weighted by atomic mass is 32.2. The molecule has 2 atom stereocenters. The average molecular weight is 551 g/mol. The average Bonchev–Trinajstić information content (AvgIpc) is 3.34. The van der Waals surface area contributed by atoms with Crippen molar-refractivity contribution in [2.24, 2.45) is 11.8 Å². The van der Waals surface area contributed by atoms with Crippen LogP contribution in [0, 0.1) is 11.8 Å². The van der Waals surface area contributed by atoms with Crippen LogP contribution in [0.2, 0.25) is 0 Å². The molecule has 4 aromatic rings. The number of anilines is 1. The minimum absolute atomic E-state index is 0.196. The van der Waals surface area contributed by atoms with Gasteiger partial charge in [0.1, 0.15) is 5.75 Å². The van der Waals surface area contributed by atoms with Crippen molar-refractivity contribution in [1.29, 1.82) is 0 Å². The van der Waals surface area contributed by atoms with Crippen molar-refractivity contribution in [2.45, 2.75) is 31.7 Å². The third-order valence-electron chi connectivity index (χ3n) is 6.70. The largest absolute Gasteiger partial charge is 0.497 e. The Labute approximate surface area is 227 Å². The number of carbonyl (C=O) groups is 1. The fourth-order valence-corrected chi connectivity index (χ4v) is 7.58. The molecule has 0 aliphatic carbocycles. The number of fused-ring (bicyclic) bond motifs is 1. The van der Waals surface area contributed by atoms with Crippen LogP contribution < -0.4 is 9.64 Å². The van der Waals surface area contributed by atoms with E-state index in [4.69, 9.17) is 9.72 Å². The molecule has 5 rings (SSSR count). The molecular weight excluding hydrogens is 520 g/mol. The van der Waals surface area contributed by atoms with Gasteiger partial charge in [0.05, 0.1) is 28.8 Å². The summed E-state index contributed by atoms with van der Waals surface area (Å²) in [5, 5.41) is 0.537. The molecule has 0 bridgehead atoms. The van der Waals surface area contributed by atoms with Crippen molar-refractivity contribution in [3.8, 4) is 5.75 Å². The van der Waals surface area contributed by atoms with E-state index in [0.29, 0.717) is 41.4 Å². The van der Waals surface area contributed by atoms with E-state index >= 15 is 0 Å². The third-order valence-corrected chi connectivity index (χ3v) is 9.59. The molecule has 0 spiro atoms. The van der Waals surface area contributed by atoms with Crippen LogP contribution in [0.25, 0.3) is 10.2 Å². The predicted molar refractivity (Wildman–Crippen MR) is 149 cm³/mol. The highest BCUT2D eigenvalue weighted by Gasteiger charge is 2.32. The third kappa shape index (κ3) is 5.43. The second-order valence-electron chi connectivity index (χ2n) is 9.88. The summed E-state index contributed by atoms with van der Waals surface area (Å²) < 4.78 is 34.4. The molecule has 2 aromatic heterocycles. The number of pyridine rings is 1. The molecule has 2 unspecified atom stereocenters. The molecule has 0 saturated carbocycles. The van der Waals surface area contributed by atoms with Gasteiger partial charge in [-0.2, -0.15) is 4.31 Å². The Morgan fingerprint density at radius 2 is 1.84 bits per heavy atom. The normalized spacial score (nSPS) is 18.4. The van der Waals surface area contributed by atoms with Gasteiger partial charge >= 0.3 is 0 Å². The van der Waals surface area contributed by atoms with E-state index in [-0.39, 0.29) is 17.3 Å². The zero-order valence-corrected chi connectivity index (χ0v) is 23.2. The number of hydrogen-bond donors (Lipinski definition) is 0. The number of nitrogens with zero attached hydrogens (tertiary/aromatic N) is 4. The lowest BCUT2D eigenvalue weighted by Gasteiger charge is -2.34. The first-order valence-electron chi connectivity index (χ1n) is 12.5. The first kappa shape index (κ1) is 26.3. The Kier molecular flexibility index (Phi) is 7.47. The molecule has 0 radical (unpaired) electrons. The molecule has 3 heterocycles. The van der Waals surface area contributed by atoms with E-state index in [2.05, 4.69) is 18.8 Å². The maximum atomic E-state index is 13.8. The number of carbonyl (C=O) groups excluding carboxylic acids is 1. The van der Waals surface area contributed by atoms with Crippen LogP contribution in [0.1, 0.15) is 36.2 Å². The van der Waals surface area contributed by atoms with Crippen molar-refractivity contribution in [2.75, 3.05) is 25.1 Å². The zero-order chi connectivity index (χ0) is 26.9. The highest BCUT2D eigenvalue weighted by Crippen LogP contribution is 2.33. The minimum atomic E-state index is -3.64. The lowest BCUT2D eigenvalue weighted by molar-refractivity contribution is 0.0985. The van der Waals surface area contributed by atoms with Gasteiger partial charge in [0.2, 0.25) is 10.0 Å². The Bertz CT molecular complexity index is 1530. The SMILES string of the molecule is COc1ccc2nc(N(Cc3cccnc3)C(=O)c3ccc(S(=O)(=O)N4CC(C)CC(C)C4)cc3)sc2c1. The first-order chi connectivity index (χ1) is 18.2. The number of aromatic nitrogens is 2. The Morgan fingerprint density at radius 1 is 1.11 bits per heavy atom. The minimum Gasteiger partial charge on any atom is -0.497 e. The maximum absolute atomic E-state index is 13.8. The summed E-state index contributed by atoms with van der Waals surface area (Å²) in [6.45, 7) is 5.44. The van der Waals surface area contributed by atoms with Crippen molar-refractivity contribution < 1.29 is 17.9 Å². The summed E-state index contributed by atoms with van der Waals surface area (Å²) >= 11 is 1.39. The lowest BCUT2D eigenvalue weighted by atomic mass is 9.94. The number of sulfonamides is 1. The number of thiazole rings is 1. The van der Waals surface area contributed by atoms with Crippen molar-refractivity contribution in [3.05, 3.63) is 78.1 Å². The van der Waals surface area contributed by atoms with E-state index in [1.54, 1.807) is 40.8 Å². The molecule has 1 saturated heterocycles. The van der Waals surface area contributed by atoms with Gasteiger partial charge in [-0.05, 0) is 72.4 Å². The molecule has 198 valence electrons. The van der Waals surface area contributed by atoms with Crippen LogP contribution in [-0.2, 0) is 16.6 Å². The van der Waals surface area contributed by atoms with Gasteiger partial charge in [0.15, 0.2) is 5.13 Å². The molecule has 10 heteroatoms. The molecule has 1 amide bonds. The van der Waals surface area contributed by atoms with Crippen LogP contribution in [-0.4, -0.2) is 48.8 Å². The zero-order valence-electron chi connectivity index (χ0n) is 21.6. The van der Waals surface area contributed by atoms with Crippen molar-refractivity contribution in [1.82, 2.24) is 14.3 Å². The number of piperidine rings is 1. The van der Waals surface area contributed by atoms with Crippen LogP contribution in [0.4, 0.5) is 5.13 Å². The fraction of sp³-hybridized carbons (Fsp3) is 0.321. The Balaban J connectivity index is 1.45. The fourth-order valence-electron chi connectivity index (χ4n) is 4.91. The van der Waals surface area contributed by atoms with Crippen LogP contribution in [0.15, 0.2) is 71.9 Å². The molecule has 38 heavy (non-hydrogen) atoms. The summed E-state index contributed by atoms with van der Waals surface area (Å²) in [5.41, 5.74) is 2.00. The molecule has 1 fully saturated rings. The molecule has 0 N–H and O–H groups in total. The van der Waals surface area contributed by atoms with Gasteiger partial charge in [-0.1, -0.05) is 31.3 Å². The van der Waals surface area contributed by atoms with E-state index < -0.39 is 10.0 Å². The standard InChI is InChI=1S/C28H30N4O4S2/c1-19-13-20(2)17-31(16-19)38(34,35)24-9-6-22(7-10-24)27(33)32(18-21-5-4-12-29-15-21)28-30-25-11-8-23(36-3)14-26(25)37-28/h4-12,14-15,19-20H,13,16-18H2,1-3H3. The summed E-state index contributed by atoms with van der Waals surface area (Å²) in [6.07, 6.45) is 4.42. The number of rotatable bonds is 7. The predicted octanol–water partition coefficient (Wildman–Crippen LogP) is 5.21. The molecular formula is C28H30N4O4S2. The Morgan fingerprint density at radius 3 is 2.50 bits per heavy atom. The van der Waals surface area contributed by atoms with Gasteiger partial charge in [-0.3, -0.25) is 14.7 Å². The number of amides is 1. The van der Waals surface area contributed by atoms with Gasteiger partial charge in [-0.25, -0.2) is 13.4 Å². The number of benzene rings is 2. The van der Waals surface area contributed by atoms with E-state index in [9.17, 15) is 13.2 Å². The smallest absolute Gasteiger partial charge is 0.260 e. The maximum Gasteiger partial charge on any atom is 0.260 e. The van der Waals surface area contributed by atoms with Crippen molar-refractivity contribution >= 4 is 42.6 Å². The Hall–Kier alpha value is -3.34. The summed E-state index contributed by atoms with van der Waals surface area (Å²) in [4.78, 5) is 24.5. The quantitative estimate of drug-likeness (QED) is 0.314. The first-order valence-corrected chi connectivity index (χ1v) is 14.8. The van der Waals surface area contributed by atoms with Gasteiger partial charge in [0.25, 0.3) is 5.91 Å². The summed E-state index contributed by atoms with van der Waals surface area (Å²) in [5.74, 6) is 1.06. The number of hydrogen-bond acceptors (Lipinski definition) is 7. The van der Waals surface area contributed by atoms with Crippen LogP contribution in [0.3, 0.4) is 0 Å². The van der Waals surface area contributed by atoms with Crippen LogP contribution >= 0.6 is 11.3 Å². The van der Waals surface area contributed by atoms with Crippen LogP contribution in [0.5, 0.6) is 5.75 Å². The number of methoxy groups -OCH3 is 1. The number of ether oxygens (including phenoxy) is 1. The molecule has 2 aromatic carbocycles. The summed E-state index contributed by atoms with van der Waals surface area (Å²) in [6, 6.07) is 15.5. The van der Waals surface area contributed by atoms with Gasteiger partial charge in [-0.15, -0.1) is 0 Å². The van der Waals surface area contributed by atoms with E-state index in [1.165, 1.54) is 23.5 Å². The lowest BCUT2D eigenvalue weighted by Crippen LogP contribution is -2.42. The second kappa shape index (κ2) is 10.8.